The largest absolute Gasteiger partial charge is 0.494 e. The Balaban J connectivity index is 1.15. The van der Waals surface area contributed by atoms with Crippen molar-refractivity contribution in [3.8, 4) is 23.5 Å². The number of rotatable bonds is 6. The number of carbonyl (C=O) groups is 2. The summed E-state index contributed by atoms with van der Waals surface area (Å²) in [4.78, 5) is 55.9. The highest BCUT2D eigenvalue weighted by Gasteiger charge is 2.73. The average molecular weight is 783 g/mol. The number of allylic oxidation sites excluding steroid dienone is 2. The lowest BCUT2D eigenvalue weighted by Crippen LogP contribution is -2.54. The molecule has 3 aliphatic carbocycles. The van der Waals surface area contributed by atoms with Gasteiger partial charge in [-0.2, -0.15) is 40.4 Å². The fourth-order valence-corrected chi connectivity index (χ4v) is 8.16. The summed E-state index contributed by atoms with van der Waals surface area (Å²) in [6.07, 6.45) is -3.61. The van der Waals surface area contributed by atoms with E-state index >= 15 is 0 Å². The molecule has 3 aromatic heterocycles. The number of benzene rings is 3. The van der Waals surface area contributed by atoms with E-state index in [9.17, 15) is 70.3 Å². The number of aromatic nitrogens is 3. The van der Waals surface area contributed by atoms with E-state index < -0.39 is 87.3 Å². The minimum atomic E-state index is -6.72. The molecule has 0 radical (unpaired) electrons. The van der Waals surface area contributed by atoms with Gasteiger partial charge in [0.2, 0.25) is 11.8 Å². The van der Waals surface area contributed by atoms with E-state index in [4.69, 9.17) is 0 Å². The van der Waals surface area contributed by atoms with E-state index in [-0.39, 0.29) is 61.3 Å². The Labute approximate surface area is 305 Å². The molecule has 2 bridgehead atoms. The summed E-state index contributed by atoms with van der Waals surface area (Å²) >= 11 is 0. The maximum atomic E-state index is 14.4. The van der Waals surface area contributed by atoms with Crippen LogP contribution in [0.25, 0.3) is 32.3 Å². The lowest BCUT2D eigenvalue weighted by molar-refractivity contribution is -0.357. The third-order valence-electron chi connectivity index (χ3n) is 10.7. The molecular formula is C37H21F7N4O8. The summed E-state index contributed by atoms with van der Waals surface area (Å²) < 4.78 is 96.2. The van der Waals surface area contributed by atoms with Gasteiger partial charge in [-0.3, -0.25) is 28.3 Å². The van der Waals surface area contributed by atoms with Crippen LogP contribution >= 0.6 is 0 Å². The monoisotopic (exact) mass is 782 g/mol. The smallest absolute Gasteiger partial charge is 0.459 e. The molecule has 10 rings (SSSR count). The maximum absolute atomic E-state index is 14.4. The Morgan fingerprint density at radius 1 is 0.571 bits per heavy atom. The lowest BCUT2D eigenvalue weighted by atomic mass is 9.69. The van der Waals surface area contributed by atoms with Gasteiger partial charge >= 0.3 is 18.0 Å². The van der Waals surface area contributed by atoms with Gasteiger partial charge in [0, 0.05) is 61.0 Å². The third kappa shape index (κ3) is 4.18. The maximum Gasteiger partial charge on any atom is 0.459 e. The average Bonchev–Trinajstić information content (AvgIpc) is 3.57. The molecule has 2 atom stereocenters. The lowest BCUT2D eigenvalue weighted by Gasteiger charge is -2.30. The highest BCUT2D eigenvalue weighted by Crippen LogP contribution is 2.58. The summed E-state index contributed by atoms with van der Waals surface area (Å²) in [5, 5.41) is 42.8. The fourth-order valence-electron chi connectivity index (χ4n) is 8.16. The van der Waals surface area contributed by atoms with Crippen LogP contribution in [0.15, 0.2) is 87.5 Å². The highest BCUT2D eigenvalue weighted by atomic mass is 19.4. The van der Waals surface area contributed by atoms with Gasteiger partial charge in [-0.1, -0.05) is 42.5 Å². The molecule has 2 amide bonds. The highest BCUT2D eigenvalue weighted by molar-refractivity contribution is 6.32. The van der Waals surface area contributed by atoms with Crippen LogP contribution in [0.1, 0.15) is 28.5 Å². The van der Waals surface area contributed by atoms with Crippen LogP contribution in [0.4, 0.5) is 30.7 Å². The molecule has 6 aromatic rings. The van der Waals surface area contributed by atoms with E-state index in [1.165, 1.54) is 4.57 Å². The number of carbonyl (C=O) groups excluding carboxylic acids is 2. The molecule has 4 aliphatic rings. The molecule has 286 valence electrons. The van der Waals surface area contributed by atoms with Gasteiger partial charge in [0.15, 0.2) is 11.8 Å². The second kappa shape index (κ2) is 10.9. The van der Waals surface area contributed by atoms with Gasteiger partial charge in [0.25, 0.3) is 22.9 Å². The van der Waals surface area contributed by atoms with Crippen LogP contribution in [-0.2, 0) is 22.7 Å². The van der Waals surface area contributed by atoms with Gasteiger partial charge < -0.3 is 20.4 Å². The zero-order valence-corrected chi connectivity index (χ0v) is 27.8. The molecule has 0 saturated carbocycles. The molecule has 0 fully saturated rings. The van der Waals surface area contributed by atoms with E-state index in [1.807, 2.05) is 0 Å². The molecule has 1 aliphatic heterocycles. The first-order chi connectivity index (χ1) is 26.3. The van der Waals surface area contributed by atoms with Crippen molar-refractivity contribution in [1.82, 2.24) is 13.8 Å². The van der Waals surface area contributed by atoms with E-state index in [0.717, 1.165) is 29.8 Å². The van der Waals surface area contributed by atoms with Gasteiger partial charge in [0.1, 0.15) is 0 Å². The summed E-state index contributed by atoms with van der Waals surface area (Å²) in [5.74, 6) is -20.0. The van der Waals surface area contributed by atoms with Gasteiger partial charge in [-0.05, 0) is 29.8 Å². The summed E-state index contributed by atoms with van der Waals surface area (Å²) in [5.41, 5.74) is -2.12. The minimum Gasteiger partial charge on any atom is -0.494 e. The number of hydrogen-bond donors (Lipinski definition) is 4. The van der Waals surface area contributed by atoms with Crippen molar-refractivity contribution < 1.29 is 60.7 Å². The third-order valence-corrected chi connectivity index (χ3v) is 10.7. The van der Waals surface area contributed by atoms with Crippen molar-refractivity contribution in [3.63, 3.8) is 0 Å². The fraction of sp³-hybridized carbons (Fsp3) is 0.189. The predicted octanol–water partition coefficient (Wildman–Crippen LogP) is 5.16. The first-order valence-corrected chi connectivity index (χ1v) is 16.5. The standard InChI is InChI=1S/C37H21F7N4O8/c38-35(39,36(40,41)37(42,43)44)13-46-27(49)17-8-10-19-22-20(11-9-18(21(17)22)28(46)50)30(52)47(29(19)51)48-33(55)25-15-6-7-16(26(25)34(48)56)24-23(15)31(53)45(32(24)54)12-14-4-2-1-3-5-14/h1-11,15-16,49,52-54H,12-13H2. The van der Waals surface area contributed by atoms with Crippen LogP contribution in [0, 0.1) is 0 Å². The van der Waals surface area contributed by atoms with Gasteiger partial charge in [-0.25, -0.2) is 0 Å². The summed E-state index contributed by atoms with van der Waals surface area (Å²) in [7, 11) is 0. The van der Waals surface area contributed by atoms with E-state index in [1.54, 1.807) is 42.5 Å². The van der Waals surface area contributed by atoms with Crippen LogP contribution in [0.2, 0.25) is 0 Å². The SMILES string of the molecule is O=C1C2=C(C(=O)N1n1c(O)c3ccc4c(=O)n(CC(F)(F)C(F)(F)C(F)(F)F)c(O)c5ccc(c1=O)c3c54)C1C=CC2c2c1c(O)n(Cc1ccccc1)c2O. The Morgan fingerprint density at radius 3 is 1.57 bits per heavy atom. The summed E-state index contributed by atoms with van der Waals surface area (Å²) in [6.45, 7) is -2.55. The minimum absolute atomic E-state index is 0.0444. The van der Waals surface area contributed by atoms with Crippen molar-refractivity contribution in [2.45, 2.75) is 42.9 Å². The van der Waals surface area contributed by atoms with Crippen molar-refractivity contribution in [2.24, 2.45) is 0 Å². The van der Waals surface area contributed by atoms with Crippen LogP contribution in [-0.4, -0.2) is 64.1 Å². The molecule has 3 aromatic carbocycles. The Kier molecular flexibility index (Phi) is 6.81. The molecule has 0 saturated heterocycles. The van der Waals surface area contributed by atoms with E-state index in [0.29, 0.717) is 9.69 Å². The van der Waals surface area contributed by atoms with Crippen LogP contribution < -0.4 is 16.1 Å². The number of aromatic hydroxyl groups is 4. The van der Waals surface area contributed by atoms with Crippen molar-refractivity contribution in [1.29, 1.82) is 0 Å². The van der Waals surface area contributed by atoms with Crippen LogP contribution in [0.3, 0.4) is 0 Å². The van der Waals surface area contributed by atoms with Crippen LogP contribution in [0.5, 0.6) is 23.5 Å². The number of amides is 2. The predicted molar refractivity (Wildman–Crippen MR) is 181 cm³/mol. The van der Waals surface area contributed by atoms with Crippen molar-refractivity contribution >= 4 is 44.1 Å². The topological polar surface area (TPSA) is 167 Å². The molecular weight excluding hydrogens is 761 g/mol. The van der Waals surface area contributed by atoms with Gasteiger partial charge in [-0.15, -0.1) is 0 Å². The molecule has 4 heterocycles. The first kappa shape index (κ1) is 34.9. The number of alkyl halides is 7. The number of nitrogens with zero attached hydrogens (tertiary/aromatic N) is 4. The quantitative estimate of drug-likeness (QED) is 0.0778. The summed E-state index contributed by atoms with van der Waals surface area (Å²) in [6, 6.07) is 12.5. The van der Waals surface area contributed by atoms with Crippen molar-refractivity contribution in [2.75, 3.05) is 5.01 Å². The molecule has 12 nitrogen and oxygen atoms in total. The normalized spacial score (nSPS) is 18.4. The molecule has 0 spiro atoms. The second-order valence-corrected chi connectivity index (χ2v) is 13.6. The molecule has 56 heavy (non-hydrogen) atoms. The van der Waals surface area contributed by atoms with E-state index in [2.05, 4.69) is 0 Å². The zero-order valence-electron chi connectivity index (χ0n) is 27.8. The van der Waals surface area contributed by atoms with Crippen molar-refractivity contribution in [3.05, 3.63) is 115 Å². The molecule has 19 heteroatoms. The first-order valence-electron chi connectivity index (χ1n) is 16.5. The Morgan fingerprint density at radius 2 is 1.05 bits per heavy atom. The number of halogens is 7. The molecule has 4 N–H and O–H groups in total. The number of imide groups is 1. The number of pyridine rings is 2. The Hall–Kier alpha value is -6.79. The number of hydrogen-bond acceptors (Lipinski definition) is 8. The molecule has 2 unspecified atom stereocenters. The second-order valence-electron chi connectivity index (χ2n) is 13.6. The van der Waals surface area contributed by atoms with Gasteiger partial charge in [0.05, 0.1) is 18.5 Å². The zero-order chi connectivity index (χ0) is 40.1. The Bertz CT molecular complexity index is 2900.